The molecule has 1 heterocycles. The lowest BCUT2D eigenvalue weighted by Crippen LogP contribution is -2.01. The molecule has 0 atom stereocenters. The lowest BCUT2D eigenvalue weighted by Gasteiger charge is -2.02. The molecule has 0 fully saturated rings. The smallest absolute Gasteiger partial charge is 0.337 e. The Kier molecular flexibility index (Phi) is 4.20. The zero-order valence-corrected chi connectivity index (χ0v) is 8.09. The van der Waals surface area contributed by atoms with Crippen LogP contribution in [0.5, 0.6) is 5.88 Å². The molecule has 0 unspecified atom stereocenters. The number of nitrogens with zero attached hydrogens (tertiary/aromatic N) is 1. The Morgan fingerprint density at radius 3 is 2.62 bits per heavy atom. The van der Waals surface area contributed by atoms with E-state index in [0.717, 1.165) is 0 Å². The average Bonchev–Trinajstić information content (AvgIpc) is 2.03. The second-order valence-electron chi connectivity index (χ2n) is 2.35. The summed E-state index contributed by atoms with van der Waals surface area (Å²) in [5.41, 5.74) is 0.852. The van der Waals surface area contributed by atoms with E-state index in [9.17, 15) is 4.79 Å². The van der Waals surface area contributed by atoms with E-state index >= 15 is 0 Å². The van der Waals surface area contributed by atoms with E-state index in [1.807, 2.05) is 0 Å². The minimum absolute atomic E-state index is 0. The number of rotatable bonds is 2. The number of hydrogen-bond acceptors (Lipinski definition) is 3. The van der Waals surface area contributed by atoms with Crippen molar-refractivity contribution in [2.75, 3.05) is 7.11 Å². The summed E-state index contributed by atoms with van der Waals surface area (Å²) in [5.74, 6) is -0.542. The lowest BCUT2D eigenvalue weighted by atomic mass is 10.2. The molecule has 0 saturated heterocycles. The predicted molar refractivity (Wildman–Crippen MR) is 49.7 cm³/mol. The quantitative estimate of drug-likeness (QED) is 0.792. The highest BCUT2D eigenvalue weighted by Gasteiger charge is 2.07. The van der Waals surface area contributed by atoms with E-state index in [2.05, 4.69) is 4.98 Å². The third-order valence-corrected chi connectivity index (χ3v) is 1.53. The molecule has 0 radical (unpaired) electrons. The van der Waals surface area contributed by atoms with Gasteiger partial charge in [0.05, 0.1) is 12.7 Å². The van der Waals surface area contributed by atoms with Crippen LogP contribution in [0.1, 0.15) is 15.9 Å². The molecule has 13 heavy (non-hydrogen) atoms. The van der Waals surface area contributed by atoms with Crippen LogP contribution in [0.2, 0.25) is 0 Å². The van der Waals surface area contributed by atoms with E-state index in [1.165, 1.54) is 13.3 Å². The number of aryl methyl sites for hydroxylation is 1. The number of carbonyl (C=O) groups is 1. The zero-order valence-electron chi connectivity index (χ0n) is 7.27. The van der Waals surface area contributed by atoms with E-state index in [1.54, 1.807) is 13.0 Å². The molecule has 0 aliphatic heterocycles. The predicted octanol–water partition coefficient (Wildman–Crippen LogP) is 1.52. The maximum absolute atomic E-state index is 10.5. The first-order valence-corrected chi connectivity index (χ1v) is 3.39. The number of methoxy groups -OCH3 is 1. The second kappa shape index (κ2) is 4.67. The van der Waals surface area contributed by atoms with Gasteiger partial charge in [-0.05, 0) is 12.5 Å². The topological polar surface area (TPSA) is 59.4 Å². The molecule has 1 N–H and O–H groups in total. The van der Waals surface area contributed by atoms with Crippen LogP contribution in [0, 0.1) is 6.92 Å². The lowest BCUT2D eigenvalue weighted by molar-refractivity contribution is 0.0695. The van der Waals surface area contributed by atoms with Crippen molar-refractivity contribution in [1.82, 2.24) is 4.98 Å². The molecular weight excluding hydrogens is 194 g/mol. The summed E-state index contributed by atoms with van der Waals surface area (Å²) >= 11 is 0. The number of halogens is 1. The summed E-state index contributed by atoms with van der Waals surface area (Å²) in [5, 5.41) is 8.65. The average molecular weight is 204 g/mol. The normalized spacial score (nSPS) is 8.77. The fraction of sp³-hybridized carbons (Fsp3) is 0.250. The van der Waals surface area contributed by atoms with Crippen LogP contribution in [0.25, 0.3) is 0 Å². The summed E-state index contributed by atoms with van der Waals surface area (Å²) in [6.45, 7) is 1.70. The van der Waals surface area contributed by atoms with Crippen molar-refractivity contribution in [2.45, 2.75) is 6.92 Å². The number of carboxylic acid groups (broad SMARTS) is 1. The number of hydrogen-bond donors (Lipinski definition) is 1. The van der Waals surface area contributed by atoms with Crippen LogP contribution >= 0.6 is 12.4 Å². The van der Waals surface area contributed by atoms with Crippen molar-refractivity contribution in [3.63, 3.8) is 0 Å². The second-order valence-corrected chi connectivity index (χ2v) is 2.35. The Labute approximate surface area is 82.0 Å². The van der Waals surface area contributed by atoms with E-state index in [-0.39, 0.29) is 18.0 Å². The molecule has 0 aromatic carbocycles. The number of carboxylic acids is 1. The van der Waals surface area contributed by atoms with Crippen molar-refractivity contribution < 1.29 is 14.6 Å². The van der Waals surface area contributed by atoms with Gasteiger partial charge >= 0.3 is 5.97 Å². The number of ether oxygens (including phenoxy) is 1. The molecule has 0 amide bonds. The van der Waals surface area contributed by atoms with Crippen LogP contribution in [0.4, 0.5) is 0 Å². The Morgan fingerprint density at radius 1 is 1.62 bits per heavy atom. The first-order chi connectivity index (χ1) is 5.65. The minimum atomic E-state index is -0.970. The summed E-state index contributed by atoms with van der Waals surface area (Å²) in [7, 11) is 1.49. The molecule has 1 aromatic rings. The third-order valence-electron chi connectivity index (χ3n) is 1.53. The van der Waals surface area contributed by atoms with Gasteiger partial charge in [-0.1, -0.05) is 0 Å². The standard InChI is InChI=1S/C8H9NO3.ClH/c1-5-3-7(12-2)9-4-6(5)8(10)11;/h3-4H,1-2H3,(H,10,11);1H. The molecule has 0 aliphatic carbocycles. The monoisotopic (exact) mass is 203 g/mol. The van der Waals surface area contributed by atoms with Crippen molar-refractivity contribution in [3.05, 3.63) is 23.4 Å². The number of aromatic carboxylic acids is 1. The van der Waals surface area contributed by atoms with Gasteiger partial charge in [-0.3, -0.25) is 0 Å². The van der Waals surface area contributed by atoms with Gasteiger partial charge in [0.25, 0.3) is 0 Å². The fourth-order valence-electron chi connectivity index (χ4n) is 0.866. The summed E-state index contributed by atoms with van der Waals surface area (Å²) in [6, 6.07) is 1.59. The Morgan fingerprint density at radius 2 is 2.23 bits per heavy atom. The SMILES string of the molecule is COc1cc(C)c(C(=O)O)cn1.Cl. The minimum Gasteiger partial charge on any atom is -0.481 e. The highest BCUT2D eigenvalue weighted by molar-refractivity contribution is 5.88. The van der Waals surface area contributed by atoms with Crippen molar-refractivity contribution in [1.29, 1.82) is 0 Å². The molecule has 0 saturated carbocycles. The molecule has 72 valence electrons. The first-order valence-electron chi connectivity index (χ1n) is 3.39. The molecule has 0 bridgehead atoms. The molecule has 5 heteroatoms. The Bertz CT molecular complexity index is 314. The van der Waals surface area contributed by atoms with Crippen molar-refractivity contribution in [3.8, 4) is 5.88 Å². The van der Waals surface area contributed by atoms with Gasteiger partial charge in [-0.2, -0.15) is 0 Å². The molecule has 1 rings (SSSR count). The van der Waals surface area contributed by atoms with Crippen molar-refractivity contribution >= 4 is 18.4 Å². The van der Waals surface area contributed by atoms with E-state index in [4.69, 9.17) is 9.84 Å². The molecular formula is C8H10ClNO3. The zero-order chi connectivity index (χ0) is 9.14. The molecule has 1 aromatic heterocycles. The highest BCUT2D eigenvalue weighted by atomic mass is 35.5. The van der Waals surface area contributed by atoms with Crippen LogP contribution in [-0.4, -0.2) is 23.2 Å². The third kappa shape index (κ3) is 2.59. The van der Waals surface area contributed by atoms with E-state index < -0.39 is 5.97 Å². The maximum Gasteiger partial charge on any atom is 0.337 e. The van der Waals surface area contributed by atoms with Crippen LogP contribution in [0.3, 0.4) is 0 Å². The summed E-state index contributed by atoms with van der Waals surface area (Å²) in [6.07, 6.45) is 1.29. The largest absolute Gasteiger partial charge is 0.481 e. The molecule has 4 nitrogen and oxygen atoms in total. The highest BCUT2D eigenvalue weighted by Crippen LogP contribution is 2.12. The van der Waals surface area contributed by atoms with Gasteiger partial charge in [0, 0.05) is 12.3 Å². The Hall–Kier alpha value is -1.29. The summed E-state index contributed by atoms with van der Waals surface area (Å²) < 4.78 is 4.83. The van der Waals surface area contributed by atoms with Gasteiger partial charge in [0.15, 0.2) is 0 Å². The van der Waals surface area contributed by atoms with Gasteiger partial charge in [-0.25, -0.2) is 9.78 Å². The molecule has 0 spiro atoms. The van der Waals surface area contributed by atoms with Gasteiger partial charge in [-0.15, -0.1) is 12.4 Å². The van der Waals surface area contributed by atoms with Crippen LogP contribution < -0.4 is 4.74 Å². The van der Waals surface area contributed by atoms with E-state index in [0.29, 0.717) is 11.4 Å². The maximum atomic E-state index is 10.5. The van der Waals surface area contributed by atoms with Gasteiger partial charge < -0.3 is 9.84 Å². The van der Waals surface area contributed by atoms with Crippen LogP contribution in [-0.2, 0) is 0 Å². The number of pyridine rings is 1. The van der Waals surface area contributed by atoms with Crippen molar-refractivity contribution in [2.24, 2.45) is 0 Å². The fourth-order valence-corrected chi connectivity index (χ4v) is 0.866. The van der Waals surface area contributed by atoms with Crippen LogP contribution in [0.15, 0.2) is 12.3 Å². The van der Waals surface area contributed by atoms with Gasteiger partial charge in [0.2, 0.25) is 5.88 Å². The number of aromatic nitrogens is 1. The molecule has 0 aliphatic rings. The Balaban J connectivity index is 0.00000144. The summed E-state index contributed by atoms with van der Waals surface area (Å²) in [4.78, 5) is 14.3. The first kappa shape index (κ1) is 11.7. The van der Waals surface area contributed by atoms with Gasteiger partial charge in [0.1, 0.15) is 0 Å².